The summed E-state index contributed by atoms with van der Waals surface area (Å²) in [6.07, 6.45) is 5.77. The number of hydrogen-bond donors (Lipinski definition) is 2. The molecule has 28 heavy (non-hydrogen) atoms. The molecule has 8 heteroatoms. The smallest absolute Gasteiger partial charge is 0.233 e. The molecule has 1 saturated carbocycles. The lowest BCUT2D eigenvalue weighted by atomic mass is 9.92. The van der Waals surface area contributed by atoms with Gasteiger partial charge in [0, 0.05) is 0 Å². The Kier molecular flexibility index (Phi) is 8.29. The standard InChI is InChI=1S/C20H31FN4O3/c1-13(2)8-17-19(21)18(24-14(3)23-17)10-22-20(27)16(11-25(28)12-26)9-15-6-4-5-7-15/h12-13,15-16,28H,4-11H2,1-3H3,(H,22,27)/t16-/m1/s1. The summed E-state index contributed by atoms with van der Waals surface area (Å²) in [4.78, 5) is 31.8. The molecule has 7 nitrogen and oxygen atoms in total. The number of nitrogens with zero attached hydrogens (tertiary/aromatic N) is 3. The Morgan fingerprint density at radius 1 is 1.32 bits per heavy atom. The van der Waals surface area contributed by atoms with Crippen molar-refractivity contribution in [3.8, 4) is 0 Å². The second-order valence-electron chi connectivity index (χ2n) is 8.10. The number of aromatic nitrogens is 2. The molecule has 1 aromatic rings. The van der Waals surface area contributed by atoms with E-state index >= 15 is 0 Å². The van der Waals surface area contributed by atoms with Gasteiger partial charge in [-0.15, -0.1) is 0 Å². The minimum atomic E-state index is -0.542. The zero-order valence-electron chi connectivity index (χ0n) is 16.9. The first-order chi connectivity index (χ1) is 13.3. The normalized spacial score (nSPS) is 15.6. The van der Waals surface area contributed by atoms with Crippen molar-refractivity contribution in [3.05, 3.63) is 23.0 Å². The van der Waals surface area contributed by atoms with Crippen LogP contribution >= 0.6 is 0 Å². The number of rotatable bonds is 10. The van der Waals surface area contributed by atoms with Crippen LogP contribution in [0.2, 0.25) is 0 Å². The predicted molar refractivity (Wildman–Crippen MR) is 102 cm³/mol. The van der Waals surface area contributed by atoms with Gasteiger partial charge in [-0.05, 0) is 31.6 Å². The molecule has 1 aliphatic carbocycles. The lowest BCUT2D eigenvalue weighted by Crippen LogP contribution is -2.38. The van der Waals surface area contributed by atoms with Crippen LogP contribution in [0.15, 0.2) is 0 Å². The number of aryl methyl sites for hydroxylation is 1. The third-order valence-electron chi connectivity index (χ3n) is 5.12. The van der Waals surface area contributed by atoms with Crippen molar-refractivity contribution in [3.63, 3.8) is 0 Å². The molecule has 2 rings (SSSR count). The molecule has 1 aromatic heterocycles. The topological polar surface area (TPSA) is 95.4 Å². The minimum absolute atomic E-state index is 0.0488. The number of hydrogen-bond acceptors (Lipinski definition) is 5. The molecule has 0 saturated heterocycles. The SMILES string of the molecule is Cc1nc(CNC(=O)[C@H](CC2CCCC2)CN(O)C=O)c(F)c(CC(C)C)n1. The molecule has 156 valence electrons. The Morgan fingerprint density at radius 2 is 1.96 bits per heavy atom. The third kappa shape index (κ3) is 6.51. The monoisotopic (exact) mass is 394 g/mol. The minimum Gasteiger partial charge on any atom is -0.350 e. The van der Waals surface area contributed by atoms with Crippen LogP contribution in [0.4, 0.5) is 4.39 Å². The van der Waals surface area contributed by atoms with Crippen LogP contribution in [-0.2, 0) is 22.6 Å². The second kappa shape index (κ2) is 10.5. The van der Waals surface area contributed by atoms with E-state index in [0.29, 0.717) is 41.8 Å². The van der Waals surface area contributed by atoms with Crippen LogP contribution in [-0.4, -0.2) is 39.1 Å². The number of nitrogens with one attached hydrogen (secondary N) is 1. The van der Waals surface area contributed by atoms with E-state index in [-0.39, 0.29) is 30.6 Å². The van der Waals surface area contributed by atoms with Gasteiger partial charge in [0.15, 0.2) is 5.82 Å². The predicted octanol–water partition coefficient (Wildman–Crippen LogP) is 2.78. The van der Waals surface area contributed by atoms with Crippen LogP contribution in [0, 0.1) is 30.5 Å². The van der Waals surface area contributed by atoms with Crippen molar-refractivity contribution in [2.24, 2.45) is 17.8 Å². The van der Waals surface area contributed by atoms with Crippen molar-refractivity contribution in [1.29, 1.82) is 0 Å². The largest absolute Gasteiger partial charge is 0.350 e. The summed E-state index contributed by atoms with van der Waals surface area (Å²) in [5, 5.41) is 12.8. The van der Waals surface area contributed by atoms with Crippen molar-refractivity contribution >= 4 is 12.3 Å². The molecule has 1 aliphatic rings. The third-order valence-corrected chi connectivity index (χ3v) is 5.12. The summed E-state index contributed by atoms with van der Waals surface area (Å²) >= 11 is 0. The second-order valence-corrected chi connectivity index (χ2v) is 8.10. The fraction of sp³-hybridized carbons (Fsp3) is 0.700. The van der Waals surface area contributed by atoms with E-state index in [4.69, 9.17) is 0 Å². The Hall–Kier alpha value is -2.09. The van der Waals surface area contributed by atoms with Crippen molar-refractivity contribution in [2.75, 3.05) is 6.54 Å². The van der Waals surface area contributed by atoms with E-state index < -0.39 is 11.7 Å². The fourth-order valence-electron chi connectivity index (χ4n) is 3.82. The highest BCUT2D eigenvalue weighted by Gasteiger charge is 2.27. The highest BCUT2D eigenvalue weighted by Crippen LogP contribution is 2.30. The van der Waals surface area contributed by atoms with Gasteiger partial charge in [-0.3, -0.25) is 14.8 Å². The maximum Gasteiger partial charge on any atom is 0.233 e. The molecule has 0 aliphatic heterocycles. The summed E-state index contributed by atoms with van der Waals surface area (Å²) in [7, 11) is 0. The lowest BCUT2D eigenvalue weighted by molar-refractivity contribution is -0.155. The maximum absolute atomic E-state index is 14.7. The number of carbonyl (C=O) groups is 2. The first-order valence-electron chi connectivity index (χ1n) is 10.0. The summed E-state index contributed by atoms with van der Waals surface area (Å²) in [6.45, 7) is 5.55. The van der Waals surface area contributed by atoms with E-state index in [9.17, 15) is 19.2 Å². The van der Waals surface area contributed by atoms with E-state index in [1.54, 1.807) is 6.92 Å². The van der Waals surface area contributed by atoms with Gasteiger partial charge in [0.1, 0.15) is 5.82 Å². The zero-order chi connectivity index (χ0) is 20.7. The van der Waals surface area contributed by atoms with Crippen LogP contribution < -0.4 is 5.32 Å². The van der Waals surface area contributed by atoms with Crippen molar-refractivity contribution in [2.45, 2.75) is 65.8 Å². The number of halogens is 1. The van der Waals surface area contributed by atoms with Gasteiger partial charge in [0.25, 0.3) is 0 Å². The molecule has 0 aromatic carbocycles. The molecule has 2 amide bonds. The van der Waals surface area contributed by atoms with Gasteiger partial charge < -0.3 is 5.32 Å². The Morgan fingerprint density at radius 3 is 2.57 bits per heavy atom. The molecular weight excluding hydrogens is 363 g/mol. The molecule has 0 radical (unpaired) electrons. The fourth-order valence-corrected chi connectivity index (χ4v) is 3.82. The number of amides is 2. The van der Waals surface area contributed by atoms with Gasteiger partial charge >= 0.3 is 0 Å². The molecule has 1 fully saturated rings. The molecule has 2 N–H and O–H groups in total. The summed E-state index contributed by atoms with van der Waals surface area (Å²) in [5.41, 5.74) is 0.518. The molecule has 0 spiro atoms. The highest BCUT2D eigenvalue weighted by molar-refractivity contribution is 5.79. The van der Waals surface area contributed by atoms with Crippen molar-refractivity contribution in [1.82, 2.24) is 20.3 Å². The van der Waals surface area contributed by atoms with Crippen LogP contribution in [0.5, 0.6) is 0 Å². The summed E-state index contributed by atoms with van der Waals surface area (Å²) in [5.74, 6) is -0.212. The summed E-state index contributed by atoms with van der Waals surface area (Å²) < 4.78 is 14.7. The number of hydroxylamine groups is 2. The first-order valence-corrected chi connectivity index (χ1v) is 10.0. The average Bonchev–Trinajstić information content (AvgIpc) is 3.14. The van der Waals surface area contributed by atoms with E-state index in [0.717, 1.165) is 25.7 Å². The Labute approximate surface area is 165 Å². The first kappa shape index (κ1) is 22.2. The Bertz CT molecular complexity index is 678. The van der Waals surface area contributed by atoms with Crippen LogP contribution in [0.1, 0.15) is 63.2 Å². The van der Waals surface area contributed by atoms with E-state index in [2.05, 4.69) is 15.3 Å². The number of carbonyl (C=O) groups excluding carboxylic acids is 2. The Balaban J connectivity index is 2.06. The van der Waals surface area contributed by atoms with Gasteiger partial charge in [-0.25, -0.2) is 19.4 Å². The van der Waals surface area contributed by atoms with Gasteiger partial charge in [-0.2, -0.15) is 0 Å². The molecule has 0 bridgehead atoms. The van der Waals surface area contributed by atoms with Crippen LogP contribution in [0.25, 0.3) is 0 Å². The van der Waals surface area contributed by atoms with Crippen molar-refractivity contribution < 1.29 is 19.2 Å². The molecule has 1 heterocycles. The van der Waals surface area contributed by atoms with Gasteiger partial charge in [0.2, 0.25) is 12.3 Å². The average molecular weight is 394 g/mol. The molecular formula is C20H31FN4O3. The highest BCUT2D eigenvalue weighted by atomic mass is 19.1. The lowest BCUT2D eigenvalue weighted by Gasteiger charge is -2.22. The van der Waals surface area contributed by atoms with Gasteiger partial charge in [-0.1, -0.05) is 39.5 Å². The zero-order valence-corrected chi connectivity index (χ0v) is 16.9. The quantitative estimate of drug-likeness (QED) is 0.361. The molecule has 1 atom stereocenters. The summed E-state index contributed by atoms with van der Waals surface area (Å²) in [6, 6.07) is 0. The van der Waals surface area contributed by atoms with Gasteiger partial charge in [0.05, 0.1) is 30.4 Å². The van der Waals surface area contributed by atoms with E-state index in [1.807, 2.05) is 13.8 Å². The van der Waals surface area contributed by atoms with E-state index in [1.165, 1.54) is 0 Å². The van der Waals surface area contributed by atoms with Crippen LogP contribution in [0.3, 0.4) is 0 Å². The maximum atomic E-state index is 14.7. The molecule has 0 unspecified atom stereocenters.